The molecule has 0 saturated carbocycles. The van der Waals surface area contributed by atoms with Crippen molar-refractivity contribution in [3.05, 3.63) is 95.1 Å². The standard InChI is InChI=1S/C27H22F6N4O2/c1-16(18-4-6-19(7-5-18)20-10-13-39-15-20)34-24(38)22-23(27(31,32)33)35-37-12-11-36(25(22)37)14-17-2-8-21(9-3-17)26(28,29)30/h2-10,13,15-16H,11-12,14H2,1H3,(H,34,38)/t16-/m0/s1. The van der Waals surface area contributed by atoms with Crippen LogP contribution in [0.25, 0.3) is 11.1 Å². The van der Waals surface area contributed by atoms with Gasteiger partial charge in [-0.15, -0.1) is 0 Å². The molecule has 4 aromatic rings. The van der Waals surface area contributed by atoms with Crippen LogP contribution in [-0.4, -0.2) is 22.2 Å². The van der Waals surface area contributed by atoms with Crippen LogP contribution in [0.15, 0.2) is 71.5 Å². The smallest absolute Gasteiger partial charge is 0.436 e. The summed E-state index contributed by atoms with van der Waals surface area (Å²) < 4.78 is 86.7. The van der Waals surface area contributed by atoms with E-state index in [9.17, 15) is 31.1 Å². The SMILES string of the molecule is C[C@H](NC(=O)c1c(C(F)(F)F)nn2c1N(Cc1ccc(C(F)(F)F)cc1)CC2)c1ccc(-c2ccoc2)cc1. The van der Waals surface area contributed by atoms with Gasteiger partial charge in [0.15, 0.2) is 5.69 Å². The molecule has 0 bridgehead atoms. The van der Waals surface area contributed by atoms with Crippen LogP contribution in [0.5, 0.6) is 0 Å². The second-order valence-electron chi connectivity index (χ2n) is 9.21. The molecule has 0 aliphatic carbocycles. The van der Waals surface area contributed by atoms with Gasteiger partial charge in [0.25, 0.3) is 5.91 Å². The number of carbonyl (C=O) groups excluding carboxylic acids is 1. The summed E-state index contributed by atoms with van der Waals surface area (Å²) in [5.74, 6) is -0.975. The first kappa shape index (κ1) is 26.4. The van der Waals surface area contributed by atoms with Gasteiger partial charge in [0.1, 0.15) is 11.4 Å². The lowest BCUT2D eigenvalue weighted by atomic mass is 10.0. The van der Waals surface area contributed by atoms with Gasteiger partial charge in [-0.3, -0.25) is 4.79 Å². The number of nitrogens with zero attached hydrogens (tertiary/aromatic N) is 3. The number of furan rings is 1. The Morgan fingerprint density at radius 1 is 0.949 bits per heavy atom. The molecule has 3 heterocycles. The van der Waals surface area contributed by atoms with Gasteiger partial charge in [0.2, 0.25) is 0 Å². The minimum absolute atomic E-state index is 0.00638. The van der Waals surface area contributed by atoms with Gasteiger partial charge >= 0.3 is 12.4 Å². The number of fused-ring (bicyclic) bond motifs is 1. The summed E-state index contributed by atoms with van der Waals surface area (Å²) in [6.07, 6.45) is -6.28. The molecule has 6 nitrogen and oxygen atoms in total. The van der Waals surface area contributed by atoms with Crippen molar-refractivity contribution in [1.29, 1.82) is 0 Å². The summed E-state index contributed by atoms with van der Waals surface area (Å²) in [6.45, 7) is 2.00. The highest BCUT2D eigenvalue weighted by molar-refractivity contribution is 6.01. The minimum Gasteiger partial charge on any atom is -0.472 e. The van der Waals surface area contributed by atoms with E-state index in [1.807, 2.05) is 12.1 Å². The fourth-order valence-electron chi connectivity index (χ4n) is 4.58. The molecular formula is C27H22F6N4O2. The minimum atomic E-state index is -4.89. The van der Waals surface area contributed by atoms with Crippen LogP contribution >= 0.6 is 0 Å². The molecule has 204 valence electrons. The Labute approximate surface area is 218 Å². The predicted molar refractivity (Wildman–Crippen MR) is 130 cm³/mol. The van der Waals surface area contributed by atoms with E-state index in [2.05, 4.69) is 10.4 Å². The summed E-state index contributed by atoms with van der Waals surface area (Å²) in [4.78, 5) is 14.8. The predicted octanol–water partition coefficient (Wildman–Crippen LogP) is 6.69. The molecule has 39 heavy (non-hydrogen) atoms. The van der Waals surface area contributed by atoms with Gasteiger partial charge in [-0.05, 0) is 41.8 Å². The third-order valence-corrected chi connectivity index (χ3v) is 6.57. The Balaban J connectivity index is 1.40. The normalized spacial score (nSPS) is 14.4. The Hall–Kier alpha value is -4.22. The van der Waals surface area contributed by atoms with E-state index in [0.29, 0.717) is 11.1 Å². The number of hydrogen-bond acceptors (Lipinski definition) is 4. The summed E-state index contributed by atoms with van der Waals surface area (Å²) in [5.41, 5.74) is 0.0981. The average molecular weight is 548 g/mol. The van der Waals surface area contributed by atoms with Crippen LogP contribution in [0.1, 0.15) is 45.7 Å². The number of aromatic nitrogens is 2. The molecular weight excluding hydrogens is 526 g/mol. The quantitative estimate of drug-likeness (QED) is 0.273. The number of anilines is 1. The van der Waals surface area contributed by atoms with Crippen molar-refractivity contribution in [2.75, 3.05) is 11.4 Å². The number of hydrogen-bond donors (Lipinski definition) is 1. The lowest BCUT2D eigenvalue weighted by Gasteiger charge is -2.21. The highest BCUT2D eigenvalue weighted by Gasteiger charge is 2.44. The molecule has 0 spiro atoms. The first-order chi connectivity index (χ1) is 18.4. The Morgan fingerprint density at radius 2 is 1.64 bits per heavy atom. The van der Waals surface area contributed by atoms with Crippen LogP contribution < -0.4 is 10.2 Å². The van der Waals surface area contributed by atoms with Crippen LogP contribution in [0, 0.1) is 0 Å². The van der Waals surface area contributed by atoms with E-state index < -0.39 is 41.1 Å². The molecule has 0 unspecified atom stereocenters. The third-order valence-electron chi connectivity index (χ3n) is 6.57. The average Bonchev–Trinajstić information content (AvgIpc) is 3.62. The van der Waals surface area contributed by atoms with Gasteiger partial charge in [0, 0.05) is 18.7 Å². The lowest BCUT2D eigenvalue weighted by Crippen LogP contribution is -2.31. The number of carbonyl (C=O) groups is 1. The number of alkyl halides is 6. The second kappa shape index (κ2) is 9.83. The van der Waals surface area contributed by atoms with Gasteiger partial charge in [-0.2, -0.15) is 31.4 Å². The maximum absolute atomic E-state index is 13.9. The Morgan fingerprint density at radius 3 is 2.23 bits per heavy atom. The molecule has 1 N–H and O–H groups in total. The van der Waals surface area contributed by atoms with Crippen molar-refractivity contribution in [2.45, 2.75) is 38.4 Å². The molecule has 2 aromatic carbocycles. The topological polar surface area (TPSA) is 63.3 Å². The van der Waals surface area contributed by atoms with E-state index in [-0.39, 0.29) is 25.5 Å². The molecule has 0 saturated heterocycles. The van der Waals surface area contributed by atoms with Crippen molar-refractivity contribution in [3.8, 4) is 11.1 Å². The monoisotopic (exact) mass is 548 g/mol. The first-order valence-electron chi connectivity index (χ1n) is 11.9. The van der Waals surface area contributed by atoms with Crippen molar-refractivity contribution < 1.29 is 35.6 Å². The number of amides is 1. The van der Waals surface area contributed by atoms with E-state index in [1.54, 1.807) is 31.4 Å². The molecule has 1 aliphatic heterocycles. The van der Waals surface area contributed by atoms with E-state index in [1.165, 1.54) is 23.3 Å². The maximum Gasteiger partial charge on any atom is 0.436 e. The summed E-state index contributed by atoms with van der Waals surface area (Å²) >= 11 is 0. The van der Waals surface area contributed by atoms with Crippen LogP contribution in [0.2, 0.25) is 0 Å². The maximum atomic E-state index is 13.9. The van der Waals surface area contributed by atoms with Crippen molar-refractivity contribution in [1.82, 2.24) is 15.1 Å². The Bertz CT molecular complexity index is 1460. The summed E-state index contributed by atoms with van der Waals surface area (Å²) in [6, 6.07) is 12.7. The van der Waals surface area contributed by atoms with Crippen molar-refractivity contribution >= 4 is 11.7 Å². The highest BCUT2D eigenvalue weighted by Crippen LogP contribution is 2.39. The zero-order valence-electron chi connectivity index (χ0n) is 20.5. The lowest BCUT2D eigenvalue weighted by molar-refractivity contribution is -0.142. The third kappa shape index (κ3) is 5.36. The van der Waals surface area contributed by atoms with E-state index in [4.69, 9.17) is 4.42 Å². The van der Waals surface area contributed by atoms with Gasteiger partial charge in [-0.1, -0.05) is 36.4 Å². The van der Waals surface area contributed by atoms with Crippen LogP contribution in [-0.2, 0) is 25.4 Å². The fourth-order valence-corrected chi connectivity index (χ4v) is 4.58. The van der Waals surface area contributed by atoms with Gasteiger partial charge in [0.05, 0.1) is 30.7 Å². The number of benzene rings is 2. The zero-order chi connectivity index (χ0) is 27.9. The molecule has 5 rings (SSSR count). The second-order valence-corrected chi connectivity index (χ2v) is 9.21. The highest BCUT2D eigenvalue weighted by atomic mass is 19.4. The number of rotatable bonds is 6. The van der Waals surface area contributed by atoms with Crippen molar-refractivity contribution in [2.24, 2.45) is 0 Å². The van der Waals surface area contributed by atoms with E-state index in [0.717, 1.165) is 27.9 Å². The largest absolute Gasteiger partial charge is 0.472 e. The molecule has 1 atom stereocenters. The molecule has 0 fully saturated rings. The molecule has 1 amide bonds. The molecule has 1 aliphatic rings. The van der Waals surface area contributed by atoms with Gasteiger partial charge < -0.3 is 14.6 Å². The fraction of sp³-hybridized carbons (Fsp3) is 0.259. The Kier molecular flexibility index (Phi) is 6.65. The summed E-state index contributed by atoms with van der Waals surface area (Å²) in [5, 5.41) is 6.31. The molecule has 0 radical (unpaired) electrons. The zero-order valence-corrected chi connectivity index (χ0v) is 20.5. The van der Waals surface area contributed by atoms with Crippen LogP contribution in [0.4, 0.5) is 32.2 Å². The van der Waals surface area contributed by atoms with Crippen molar-refractivity contribution in [3.63, 3.8) is 0 Å². The molecule has 2 aromatic heterocycles. The van der Waals surface area contributed by atoms with E-state index >= 15 is 0 Å². The molecule has 12 heteroatoms. The number of halogens is 6. The van der Waals surface area contributed by atoms with Gasteiger partial charge in [-0.25, -0.2) is 4.68 Å². The number of nitrogens with one attached hydrogen (secondary N) is 1. The van der Waals surface area contributed by atoms with Crippen LogP contribution in [0.3, 0.4) is 0 Å². The first-order valence-corrected chi connectivity index (χ1v) is 11.9. The summed E-state index contributed by atoms with van der Waals surface area (Å²) in [7, 11) is 0.